The van der Waals surface area contributed by atoms with Crippen molar-refractivity contribution < 1.29 is 28.8 Å². The molecular weight excluding hydrogens is 424 g/mol. The van der Waals surface area contributed by atoms with Crippen LogP contribution >= 0.6 is 15.9 Å². The fourth-order valence-electron chi connectivity index (χ4n) is 1.95. The number of nitro groups is 1. The van der Waals surface area contributed by atoms with E-state index in [4.69, 9.17) is 9.47 Å². The van der Waals surface area contributed by atoms with E-state index < -0.39 is 33.9 Å². The lowest BCUT2D eigenvalue weighted by molar-refractivity contribution is -0.384. The van der Waals surface area contributed by atoms with Crippen LogP contribution in [0.5, 0.6) is 0 Å². The van der Waals surface area contributed by atoms with Gasteiger partial charge in [-0.05, 0) is 39.8 Å². The van der Waals surface area contributed by atoms with Crippen molar-refractivity contribution in [1.29, 1.82) is 0 Å². The lowest BCUT2D eigenvalue weighted by Crippen LogP contribution is -2.61. The molecule has 0 spiro atoms. The summed E-state index contributed by atoms with van der Waals surface area (Å²) in [6.07, 6.45) is 0. The number of rotatable bonds is 7. The molecule has 148 valence electrons. The summed E-state index contributed by atoms with van der Waals surface area (Å²) in [5, 5.41) is 13.0. The van der Waals surface area contributed by atoms with E-state index in [-0.39, 0.29) is 23.2 Å². The van der Waals surface area contributed by atoms with E-state index in [9.17, 15) is 24.5 Å². The highest BCUT2D eigenvalue weighted by molar-refractivity contribution is 9.09. The van der Waals surface area contributed by atoms with Gasteiger partial charge in [-0.3, -0.25) is 14.9 Å². The van der Waals surface area contributed by atoms with Crippen LogP contribution in [-0.4, -0.2) is 45.8 Å². The van der Waals surface area contributed by atoms with Gasteiger partial charge in [0.05, 0.1) is 22.4 Å². The summed E-state index contributed by atoms with van der Waals surface area (Å²) in [5.74, 6) is -2.87. The van der Waals surface area contributed by atoms with Crippen LogP contribution in [-0.2, 0) is 19.1 Å². The maximum absolute atomic E-state index is 12.7. The van der Waals surface area contributed by atoms with Crippen LogP contribution in [0, 0.1) is 10.1 Å². The van der Waals surface area contributed by atoms with Crippen LogP contribution in [0.1, 0.15) is 38.1 Å². The molecule has 0 aliphatic rings. The standard InChI is InChI=1S/C17H21BrN2O7/c1-5-26-15(23)17(10-18,14(22)19-16(2,3)4)27-13(21)11-6-8-12(9-7-11)20(24)25/h6-9H,5,10H2,1-4H3,(H,19,22). The maximum atomic E-state index is 12.7. The van der Waals surface area contributed by atoms with Crippen molar-refractivity contribution in [3.05, 3.63) is 39.9 Å². The van der Waals surface area contributed by atoms with Gasteiger partial charge in [-0.15, -0.1) is 0 Å². The second-order valence-corrected chi connectivity index (χ2v) is 7.14. The molecule has 1 rings (SSSR count). The Morgan fingerprint density at radius 2 is 1.74 bits per heavy atom. The highest BCUT2D eigenvalue weighted by Crippen LogP contribution is 2.22. The molecule has 0 heterocycles. The number of ether oxygens (including phenoxy) is 2. The van der Waals surface area contributed by atoms with Crippen molar-refractivity contribution in [2.24, 2.45) is 0 Å². The molecule has 10 heteroatoms. The van der Waals surface area contributed by atoms with Gasteiger partial charge in [-0.1, -0.05) is 15.9 Å². The topological polar surface area (TPSA) is 125 Å². The van der Waals surface area contributed by atoms with E-state index in [1.54, 1.807) is 27.7 Å². The average molecular weight is 445 g/mol. The molecule has 0 radical (unpaired) electrons. The zero-order chi connectivity index (χ0) is 20.8. The Labute approximate surface area is 164 Å². The number of amides is 1. The van der Waals surface area contributed by atoms with Gasteiger partial charge in [-0.2, -0.15) is 0 Å². The highest BCUT2D eigenvalue weighted by atomic mass is 79.9. The minimum atomic E-state index is -2.25. The number of halogens is 1. The van der Waals surface area contributed by atoms with Crippen molar-refractivity contribution >= 4 is 39.5 Å². The summed E-state index contributed by atoms with van der Waals surface area (Å²) in [6, 6.07) is 4.58. The summed E-state index contributed by atoms with van der Waals surface area (Å²) in [5.41, 5.74) is -3.22. The van der Waals surface area contributed by atoms with E-state index in [2.05, 4.69) is 21.2 Å². The number of carbonyl (C=O) groups excluding carboxylic acids is 3. The third-order valence-corrected chi connectivity index (χ3v) is 4.02. The van der Waals surface area contributed by atoms with Crippen LogP contribution in [0.3, 0.4) is 0 Å². The van der Waals surface area contributed by atoms with Gasteiger partial charge in [-0.25, -0.2) is 9.59 Å². The third-order valence-electron chi connectivity index (χ3n) is 3.23. The minimum absolute atomic E-state index is 0.0224. The van der Waals surface area contributed by atoms with Gasteiger partial charge >= 0.3 is 11.9 Å². The van der Waals surface area contributed by atoms with Crippen LogP contribution in [0.4, 0.5) is 5.69 Å². The molecule has 0 aliphatic carbocycles. The van der Waals surface area contributed by atoms with Crippen molar-refractivity contribution in [2.75, 3.05) is 11.9 Å². The molecule has 9 nitrogen and oxygen atoms in total. The van der Waals surface area contributed by atoms with Gasteiger partial charge < -0.3 is 14.8 Å². The van der Waals surface area contributed by atoms with Crippen LogP contribution < -0.4 is 5.32 Å². The Balaban J connectivity index is 3.22. The van der Waals surface area contributed by atoms with Crippen molar-refractivity contribution in [1.82, 2.24) is 5.32 Å². The summed E-state index contributed by atoms with van der Waals surface area (Å²) in [6.45, 7) is 6.63. The number of alkyl halides is 1. The van der Waals surface area contributed by atoms with E-state index in [1.807, 2.05) is 0 Å². The molecule has 1 aromatic rings. The quantitative estimate of drug-likeness (QED) is 0.225. The number of benzene rings is 1. The lowest BCUT2D eigenvalue weighted by Gasteiger charge is -2.31. The Morgan fingerprint density at radius 3 is 2.15 bits per heavy atom. The fourth-order valence-corrected chi connectivity index (χ4v) is 2.55. The largest absolute Gasteiger partial charge is 0.463 e. The first-order valence-corrected chi connectivity index (χ1v) is 9.12. The molecule has 1 atom stereocenters. The Kier molecular flexibility index (Phi) is 7.46. The van der Waals surface area contributed by atoms with E-state index in [0.29, 0.717) is 0 Å². The van der Waals surface area contributed by atoms with Gasteiger partial charge in [0.2, 0.25) is 0 Å². The summed E-state index contributed by atoms with van der Waals surface area (Å²) < 4.78 is 10.2. The predicted octanol–water partition coefficient (Wildman–Crippen LogP) is 2.36. The molecule has 0 fully saturated rings. The summed E-state index contributed by atoms with van der Waals surface area (Å²) in [7, 11) is 0. The SMILES string of the molecule is CCOC(=O)C(CBr)(OC(=O)c1ccc([N+](=O)[O-])cc1)C(=O)NC(C)(C)C. The number of non-ortho nitro benzene ring substituents is 1. The zero-order valence-electron chi connectivity index (χ0n) is 15.4. The normalized spacial score (nSPS) is 13.2. The number of nitro benzene ring substituents is 1. The molecule has 0 saturated carbocycles. The first-order chi connectivity index (χ1) is 12.5. The second-order valence-electron chi connectivity index (χ2n) is 6.58. The Bertz CT molecular complexity index is 728. The molecule has 0 saturated heterocycles. The lowest BCUT2D eigenvalue weighted by atomic mass is 10.0. The monoisotopic (exact) mass is 444 g/mol. The number of carbonyl (C=O) groups is 3. The number of hydrogen-bond acceptors (Lipinski definition) is 7. The molecule has 0 aliphatic heterocycles. The minimum Gasteiger partial charge on any atom is -0.463 e. The van der Waals surface area contributed by atoms with Crippen molar-refractivity contribution in [2.45, 2.75) is 38.8 Å². The molecule has 27 heavy (non-hydrogen) atoms. The molecule has 1 amide bonds. The molecular formula is C17H21BrN2O7. The summed E-state index contributed by atoms with van der Waals surface area (Å²) in [4.78, 5) is 47.8. The molecule has 0 aromatic heterocycles. The molecule has 0 bridgehead atoms. The average Bonchev–Trinajstić information content (AvgIpc) is 2.58. The first-order valence-electron chi connectivity index (χ1n) is 8.00. The highest BCUT2D eigenvalue weighted by Gasteiger charge is 2.51. The second kappa shape index (κ2) is 8.94. The Hall–Kier alpha value is -2.49. The van der Waals surface area contributed by atoms with Gasteiger partial charge in [0.25, 0.3) is 17.2 Å². The summed E-state index contributed by atoms with van der Waals surface area (Å²) >= 11 is 3.06. The predicted molar refractivity (Wildman–Crippen MR) is 99.6 cm³/mol. The van der Waals surface area contributed by atoms with Crippen molar-refractivity contribution in [3.63, 3.8) is 0 Å². The van der Waals surface area contributed by atoms with Crippen LogP contribution in [0.2, 0.25) is 0 Å². The first kappa shape index (κ1) is 22.6. The fraction of sp³-hybridized carbons (Fsp3) is 0.471. The smallest absolute Gasteiger partial charge is 0.361 e. The third kappa shape index (κ3) is 5.75. The molecule has 1 aromatic carbocycles. The zero-order valence-corrected chi connectivity index (χ0v) is 17.0. The molecule has 1 N–H and O–H groups in total. The van der Waals surface area contributed by atoms with Crippen molar-refractivity contribution in [3.8, 4) is 0 Å². The van der Waals surface area contributed by atoms with Gasteiger partial charge in [0, 0.05) is 17.7 Å². The van der Waals surface area contributed by atoms with Crippen LogP contribution in [0.25, 0.3) is 0 Å². The Morgan fingerprint density at radius 1 is 1.19 bits per heavy atom. The van der Waals surface area contributed by atoms with E-state index >= 15 is 0 Å². The maximum Gasteiger partial charge on any atom is 0.361 e. The van der Waals surface area contributed by atoms with Gasteiger partial charge in [0.1, 0.15) is 0 Å². The van der Waals surface area contributed by atoms with E-state index in [1.165, 1.54) is 12.1 Å². The van der Waals surface area contributed by atoms with Gasteiger partial charge in [0.15, 0.2) is 0 Å². The van der Waals surface area contributed by atoms with E-state index in [0.717, 1.165) is 12.1 Å². The number of nitrogens with zero attached hydrogens (tertiary/aromatic N) is 1. The number of esters is 2. The number of hydrogen-bond donors (Lipinski definition) is 1. The van der Waals surface area contributed by atoms with Crippen LogP contribution in [0.15, 0.2) is 24.3 Å². The number of nitrogens with one attached hydrogen (secondary N) is 1. The molecule has 1 unspecified atom stereocenters.